The van der Waals surface area contributed by atoms with Crippen molar-refractivity contribution in [2.75, 3.05) is 32.7 Å². The summed E-state index contributed by atoms with van der Waals surface area (Å²) < 4.78 is 15.3. The Morgan fingerprint density at radius 3 is 2.23 bits per heavy atom. The maximum Gasteiger partial charge on any atom is 0.326 e. The Kier molecular flexibility index (Phi) is 7.58. The van der Waals surface area contributed by atoms with Gasteiger partial charge in [-0.1, -0.05) is 31.9 Å². The summed E-state index contributed by atoms with van der Waals surface area (Å²) in [5.74, 6) is -2.11. The fourth-order valence-electron chi connectivity index (χ4n) is 3.73. The third-order valence-corrected chi connectivity index (χ3v) is 8.07. The van der Waals surface area contributed by atoms with Crippen LogP contribution >= 0.6 is 31.9 Å². The molecule has 0 spiro atoms. The third kappa shape index (κ3) is 5.20. The Morgan fingerprint density at radius 2 is 1.68 bits per heavy atom. The second-order valence-electron chi connectivity index (χ2n) is 7.25. The highest BCUT2D eigenvalue weighted by Crippen LogP contribution is 2.43. The number of nitrogens with one attached hydrogen (secondary N) is 1. The largest absolute Gasteiger partial charge is 0.497 e. The monoisotopic (exact) mass is 560 g/mol. The molecule has 1 aliphatic carbocycles. The molecule has 0 bridgehead atoms. The summed E-state index contributed by atoms with van der Waals surface area (Å²) in [6, 6.07) is 4.83. The van der Waals surface area contributed by atoms with Crippen molar-refractivity contribution in [3.63, 3.8) is 0 Å². The highest BCUT2D eigenvalue weighted by molar-refractivity contribution is 9.12. The van der Waals surface area contributed by atoms with E-state index in [4.69, 9.17) is 14.2 Å². The van der Waals surface area contributed by atoms with E-state index in [0.717, 1.165) is 4.90 Å². The average molecular weight is 562 g/mol. The Labute approximate surface area is 196 Å². The number of alkyl halides is 2. The zero-order chi connectivity index (χ0) is 22.7. The molecule has 1 aromatic carbocycles. The lowest BCUT2D eigenvalue weighted by Gasteiger charge is -2.29. The van der Waals surface area contributed by atoms with E-state index in [1.165, 1.54) is 14.2 Å². The molecule has 1 saturated carbocycles. The number of carbonyl (C=O) groups excluding carboxylic acids is 4. The summed E-state index contributed by atoms with van der Waals surface area (Å²) in [6.07, 6.45) is 1.03. The van der Waals surface area contributed by atoms with Gasteiger partial charge in [-0.3, -0.25) is 24.1 Å². The van der Waals surface area contributed by atoms with E-state index < -0.39 is 36.9 Å². The summed E-state index contributed by atoms with van der Waals surface area (Å²) in [4.78, 5) is 50.6. The van der Waals surface area contributed by atoms with Crippen LogP contribution in [0.5, 0.6) is 11.5 Å². The predicted octanol–water partition coefficient (Wildman–Crippen LogP) is 2.11. The molecule has 1 aromatic rings. The second kappa shape index (κ2) is 9.99. The van der Waals surface area contributed by atoms with Crippen LogP contribution in [0.4, 0.5) is 5.69 Å². The van der Waals surface area contributed by atoms with Gasteiger partial charge in [-0.15, -0.1) is 0 Å². The molecule has 11 heteroatoms. The number of imide groups is 1. The van der Waals surface area contributed by atoms with Gasteiger partial charge in [0.1, 0.15) is 18.0 Å². The van der Waals surface area contributed by atoms with Gasteiger partial charge in [0.15, 0.2) is 6.61 Å². The van der Waals surface area contributed by atoms with Crippen LogP contribution in [0.3, 0.4) is 0 Å². The minimum atomic E-state index is -0.831. The fraction of sp³-hybridized carbons (Fsp3) is 0.500. The number of anilines is 1. The first-order valence-electron chi connectivity index (χ1n) is 9.56. The number of methoxy groups -OCH3 is 2. The van der Waals surface area contributed by atoms with Gasteiger partial charge in [-0.2, -0.15) is 0 Å². The van der Waals surface area contributed by atoms with Crippen molar-refractivity contribution < 1.29 is 33.4 Å². The molecule has 1 heterocycles. The molecule has 1 N–H and O–H groups in total. The standard InChI is InChI=1S/C20H22Br2N2O7/c1-29-10-3-4-15(16(5-10)30-2)23-17(25)9-31-18(26)8-24-19(27)11-6-13(21)14(22)7-12(11)20(24)28/h3-5,11-14H,6-9H2,1-2H3,(H,23,25)/t11-,12-,13-,14+/m1/s1. The smallest absolute Gasteiger partial charge is 0.326 e. The van der Waals surface area contributed by atoms with Crippen LogP contribution in [0.15, 0.2) is 18.2 Å². The lowest BCUT2D eigenvalue weighted by Crippen LogP contribution is -2.37. The number of likely N-dealkylation sites (tertiary alicyclic amines) is 1. The third-order valence-electron chi connectivity index (χ3n) is 5.34. The van der Waals surface area contributed by atoms with E-state index in [9.17, 15) is 19.2 Å². The maximum absolute atomic E-state index is 12.6. The number of carbonyl (C=O) groups is 4. The van der Waals surface area contributed by atoms with Crippen LogP contribution in [-0.2, 0) is 23.9 Å². The van der Waals surface area contributed by atoms with Crippen LogP contribution in [0.25, 0.3) is 0 Å². The quantitative estimate of drug-likeness (QED) is 0.308. The number of hydrogen-bond donors (Lipinski definition) is 1. The van der Waals surface area contributed by atoms with E-state index >= 15 is 0 Å². The molecule has 4 atom stereocenters. The van der Waals surface area contributed by atoms with Gasteiger partial charge in [-0.25, -0.2) is 0 Å². The van der Waals surface area contributed by atoms with Crippen LogP contribution < -0.4 is 14.8 Å². The maximum atomic E-state index is 12.6. The van der Waals surface area contributed by atoms with E-state index in [1.807, 2.05) is 0 Å². The van der Waals surface area contributed by atoms with Crippen LogP contribution in [0, 0.1) is 11.8 Å². The van der Waals surface area contributed by atoms with Crippen LogP contribution in [0.2, 0.25) is 0 Å². The SMILES string of the molecule is COc1ccc(NC(=O)COC(=O)CN2C(=O)[C@@H]3C[C@@H](Br)[C@@H](Br)C[C@H]3C2=O)c(OC)c1. The minimum absolute atomic E-state index is 0.0797. The first-order valence-corrected chi connectivity index (χ1v) is 11.4. The number of fused-ring (bicyclic) bond motifs is 1. The Hall–Kier alpha value is -2.14. The van der Waals surface area contributed by atoms with Gasteiger partial charge in [0.2, 0.25) is 11.8 Å². The summed E-state index contributed by atoms with van der Waals surface area (Å²) in [6.45, 7) is -1.08. The Bertz CT molecular complexity index is 866. The van der Waals surface area contributed by atoms with Gasteiger partial charge < -0.3 is 19.5 Å². The Morgan fingerprint density at radius 1 is 1.06 bits per heavy atom. The normalized spacial score (nSPS) is 25.1. The first-order chi connectivity index (χ1) is 14.7. The minimum Gasteiger partial charge on any atom is -0.497 e. The number of ether oxygens (including phenoxy) is 3. The predicted molar refractivity (Wildman–Crippen MR) is 117 cm³/mol. The number of hydrogen-bond acceptors (Lipinski definition) is 7. The van der Waals surface area contributed by atoms with Crippen molar-refractivity contribution in [3.05, 3.63) is 18.2 Å². The van der Waals surface area contributed by atoms with Crippen molar-refractivity contribution in [3.8, 4) is 11.5 Å². The molecular weight excluding hydrogens is 540 g/mol. The second-order valence-corrected chi connectivity index (χ2v) is 9.61. The Balaban J connectivity index is 1.53. The van der Waals surface area contributed by atoms with Crippen molar-refractivity contribution in [2.24, 2.45) is 11.8 Å². The lowest BCUT2D eigenvalue weighted by atomic mass is 9.81. The zero-order valence-corrected chi connectivity index (χ0v) is 20.1. The van der Waals surface area contributed by atoms with Crippen molar-refractivity contribution in [1.29, 1.82) is 0 Å². The summed E-state index contributed by atoms with van der Waals surface area (Å²) in [5, 5.41) is 2.58. The van der Waals surface area contributed by atoms with Crippen LogP contribution in [0.1, 0.15) is 12.8 Å². The molecule has 3 amide bonds. The molecule has 168 valence electrons. The number of halogens is 2. The summed E-state index contributed by atoms with van der Waals surface area (Å²) in [5.41, 5.74) is 0.381. The van der Waals surface area contributed by atoms with Gasteiger partial charge in [0.25, 0.3) is 5.91 Å². The molecule has 3 rings (SSSR count). The first kappa shape index (κ1) is 23.5. The van der Waals surface area contributed by atoms with Gasteiger partial charge in [0.05, 0.1) is 31.7 Å². The van der Waals surface area contributed by atoms with Crippen molar-refractivity contribution in [2.45, 2.75) is 22.5 Å². The average Bonchev–Trinajstić information content (AvgIpc) is 2.97. The van der Waals surface area contributed by atoms with E-state index in [0.29, 0.717) is 30.0 Å². The molecular formula is C20H22Br2N2O7. The fourth-order valence-corrected chi connectivity index (χ4v) is 4.97. The van der Waals surface area contributed by atoms with Gasteiger partial charge in [0, 0.05) is 15.7 Å². The van der Waals surface area contributed by atoms with E-state index in [2.05, 4.69) is 37.2 Å². The van der Waals surface area contributed by atoms with Crippen molar-refractivity contribution >= 4 is 61.2 Å². The summed E-state index contributed by atoms with van der Waals surface area (Å²) in [7, 11) is 2.95. The molecule has 2 aliphatic rings. The van der Waals surface area contributed by atoms with E-state index in [-0.39, 0.29) is 21.5 Å². The zero-order valence-electron chi connectivity index (χ0n) is 16.9. The number of rotatable bonds is 7. The molecule has 1 aliphatic heterocycles. The van der Waals surface area contributed by atoms with Gasteiger partial charge >= 0.3 is 5.97 Å². The molecule has 31 heavy (non-hydrogen) atoms. The number of amides is 3. The molecule has 1 saturated heterocycles. The van der Waals surface area contributed by atoms with Crippen LogP contribution in [-0.4, -0.2) is 65.6 Å². The highest BCUT2D eigenvalue weighted by atomic mass is 79.9. The molecule has 2 fully saturated rings. The number of benzene rings is 1. The van der Waals surface area contributed by atoms with Crippen molar-refractivity contribution in [1.82, 2.24) is 4.90 Å². The molecule has 0 unspecified atom stereocenters. The number of nitrogens with zero attached hydrogens (tertiary/aromatic N) is 1. The highest BCUT2D eigenvalue weighted by Gasteiger charge is 2.52. The molecule has 9 nitrogen and oxygen atoms in total. The topological polar surface area (TPSA) is 111 Å². The molecule has 0 aromatic heterocycles. The van der Waals surface area contributed by atoms with Gasteiger partial charge in [-0.05, 0) is 25.0 Å². The molecule has 0 radical (unpaired) electrons. The number of esters is 1. The summed E-state index contributed by atoms with van der Waals surface area (Å²) >= 11 is 7.03. The van der Waals surface area contributed by atoms with E-state index in [1.54, 1.807) is 18.2 Å². The lowest BCUT2D eigenvalue weighted by molar-refractivity contribution is -0.154.